The number of aliphatic hydroxyl groups is 1. The van der Waals surface area contributed by atoms with Crippen molar-refractivity contribution in [1.82, 2.24) is 4.98 Å². The monoisotopic (exact) mass is 361 g/mol. The molecule has 6 heteroatoms. The number of aromatic nitrogens is 1. The number of Topliss-reactive ketones (excluding diaryl/α,β-unsaturated/α-hetero) is 1. The van der Waals surface area contributed by atoms with Gasteiger partial charge in [0.05, 0.1) is 21.8 Å². The lowest BCUT2D eigenvalue weighted by atomic mass is 10.0. The van der Waals surface area contributed by atoms with Gasteiger partial charge < -0.3 is 14.1 Å². The lowest BCUT2D eigenvalue weighted by molar-refractivity contribution is -1.08. The molecule has 0 aliphatic carbocycles. The first-order valence-electron chi connectivity index (χ1n) is 9.25. The quantitative estimate of drug-likeness (QED) is 0.631. The van der Waals surface area contributed by atoms with E-state index in [9.17, 15) is 4.79 Å². The summed E-state index contributed by atoms with van der Waals surface area (Å²) in [6, 6.07) is 5.97. The average Bonchev–Trinajstić information content (AvgIpc) is 3.00. The van der Waals surface area contributed by atoms with Crippen LogP contribution in [0.15, 0.2) is 18.2 Å². The molecule has 3 aliphatic rings. The van der Waals surface area contributed by atoms with E-state index in [1.54, 1.807) is 11.3 Å². The molecular formula is C19H27N3O2S+2. The van der Waals surface area contributed by atoms with Crippen molar-refractivity contribution < 1.29 is 18.9 Å². The highest BCUT2D eigenvalue weighted by molar-refractivity contribution is 7.18. The molecule has 3 aliphatic heterocycles. The minimum Gasteiger partial charge on any atom is -0.396 e. The Balaban J connectivity index is 1.46. The molecule has 1 N–H and O–H groups in total. The number of carbonyl (C=O) groups is 1. The van der Waals surface area contributed by atoms with Gasteiger partial charge in [0, 0.05) is 18.6 Å². The van der Waals surface area contributed by atoms with Gasteiger partial charge in [0.15, 0.2) is 0 Å². The molecular weight excluding hydrogens is 334 g/mol. The summed E-state index contributed by atoms with van der Waals surface area (Å²) >= 11 is 1.68. The second kappa shape index (κ2) is 6.43. The molecule has 25 heavy (non-hydrogen) atoms. The van der Waals surface area contributed by atoms with Gasteiger partial charge in [-0.3, -0.25) is 4.79 Å². The summed E-state index contributed by atoms with van der Waals surface area (Å²) < 4.78 is 3.26. The number of quaternary nitrogens is 2. The van der Waals surface area contributed by atoms with Crippen LogP contribution in [0.3, 0.4) is 0 Å². The SMILES string of the molecule is Cc1nc2cc(C(=O)C[N+]34CC[N+](CCCO)(CC3)CC4)ccc2s1. The topological polar surface area (TPSA) is 50.2 Å². The highest BCUT2D eigenvalue weighted by Gasteiger charge is 2.49. The van der Waals surface area contributed by atoms with Gasteiger partial charge in [0.25, 0.3) is 0 Å². The second-order valence-electron chi connectivity index (χ2n) is 7.82. The number of carbonyl (C=O) groups excluding carboxylic acids is 1. The van der Waals surface area contributed by atoms with Crippen molar-refractivity contribution in [3.8, 4) is 0 Å². The molecule has 2 bridgehead atoms. The number of ketones is 1. The predicted molar refractivity (Wildman–Crippen MR) is 99.8 cm³/mol. The first-order valence-corrected chi connectivity index (χ1v) is 10.1. The zero-order valence-corrected chi connectivity index (χ0v) is 15.7. The number of hydrogen-bond donors (Lipinski definition) is 1. The van der Waals surface area contributed by atoms with E-state index in [1.165, 1.54) is 0 Å². The minimum absolute atomic E-state index is 0.254. The fourth-order valence-electron chi connectivity index (χ4n) is 4.53. The van der Waals surface area contributed by atoms with Crippen LogP contribution in [0.2, 0.25) is 0 Å². The number of thiazole rings is 1. The normalized spacial score (nSPS) is 28.6. The van der Waals surface area contributed by atoms with Crippen LogP contribution in [0.1, 0.15) is 21.8 Å². The van der Waals surface area contributed by atoms with E-state index in [-0.39, 0.29) is 12.4 Å². The summed E-state index contributed by atoms with van der Waals surface area (Å²) in [5.41, 5.74) is 1.76. The standard InChI is InChI=1S/C19H27N3O2S/c1-15-20-17-13-16(3-4-19(17)25-15)18(24)14-22-9-6-21(7-10-22,8-11-22)5-2-12-23/h3-4,13,23H,2,5-12,14H2,1H3/q+2. The number of piperazine rings is 3. The van der Waals surface area contributed by atoms with Crippen molar-refractivity contribution in [3.63, 3.8) is 0 Å². The predicted octanol–water partition coefficient (Wildman–Crippen LogP) is 1.83. The Kier molecular flexibility index (Phi) is 4.40. The first kappa shape index (κ1) is 17.1. The maximum absolute atomic E-state index is 12.9. The van der Waals surface area contributed by atoms with Gasteiger partial charge in [-0.25, -0.2) is 4.98 Å². The van der Waals surface area contributed by atoms with E-state index in [0.717, 1.165) is 82.0 Å². The van der Waals surface area contributed by atoms with Crippen molar-refractivity contribution in [1.29, 1.82) is 0 Å². The molecule has 134 valence electrons. The van der Waals surface area contributed by atoms with Crippen LogP contribution >= 0.6 is 11.3 Å². The molecule has 4 heterocycles. The summed E-state index contributed by atoms with van der Waals surface area (Å²) in [4.78, 5) is 17.4. The van der Waals surface area contributed by atoms with Crippen molar-refractivity contribution >= 4 is 27.3 Å². The van der Waals surface area contributed by atoms with E-state index in [4.69, 9.17) is 5.11 Å². The summed E-state index contributed by atoms with van der Waals surface area (Å²) in [5, 5.41) is 10.2. The van der Waals surface area contributed by atoms with Crippen molar-refractivity contribution in [2.45, 2.75) is 13.3 Å². The molecule has 2 aromatic rings. The molecule has 0 unspecified atom stereocenters. The number of aliphatic hydroxyl groups excluding tert-OH is 1. The molecule has 1 aromatic carbocycles. The minimum atomic E-state index is 0.254. The summed E-state index contributed by atoms with van der Waals surface area (Å²) in [6.07, 6.45) is 0.895. The van der Waals surface area contributed by atoms with E-state index in [1.807, 2.05) is 25.1 Å². The molecule has 5 rings (SSSR count). The smallest absolute Gasteiger partial charge is 0.217 e. The van der Waals surface area contributed by atoms with Gasteiger partial charge in [-0.2, -0.15) is 0 Å². The number of hydrogen-bond acceptors (Lipinski definition) is 4. The van der Waals surface area contributed by atoms with Gasteiger partial charge in [0.2, 0.25) is 5.78 Å². The fraction of sp³-hybridized carbons (Fsp3) is 0.579. The molecule has 0 saturated carbocycles. The Labute approximate surface area is 152 Å². The van der Waals surface area contributed by atoms with Crippen LogP contribution in [0.4, 0.5) is 0 Å². The lowest BCUT2D eigenvalue weighted by Gasteiger charge is -2.55. The van der Waals surface area contributed by atoms with Crippen LogP contribution in [0.5, 0.6) is 0 Å². The van der Waals surface area contributed by atoms with Crippen LogP contribution in [0, 0.1) is 6.92 Å². The summed E-state index contributed by atoms with van der Waals surface area (Å²) in [7, 11) is 0. The number of benzene rings is 1. The second-order valence-corrected chi connectivity index (χ2v) is 9.06. The number of aryl methyl sites for hydroxylation is 1. The Hall–Kier alpha value is -1.34. The van der Waals surface area contributed by atoms with Gasteiger partial charge in [-0.15, -0.1) is 11.3 Å². The van der Waals surface area contributed by atoms with Crippen LogP contribution in [-0.2, 0) is 0 Å². The molecule has 0 amide bonds. The maximum Gasteiger partial charge on any atom is 0.217 e. The van der Waals surface area contributed by atoms with Gasteiger partial charge >= 0.3 is 0 Å². The Bertz CT molecular complexity index is 777. The molecule has 0 spiro atoms. The highest BCUT2D eigenvalue weighted by Crippen LogP contribution is 2.28. The van der Waals surface area contributed by atoms with E-state index >= 15 is 0 Å². The lowest BCUT2D eigenvalue weighted by Crippen LogP contribution is -2.75. The molecule has 3 fully saturated rings. The fourth-order valence-corrected chi connectivity index (χ4v) is 5.34. The molecule has 0 atom stereocenters. The van der Waals surface area contributed by atoms with Crippen molar-refractivity contribution in [2.75, 3.05) is 59.0 Å². The van der Waals surface area contributed by atoms with Crippen molar-refractivity contribution in [2.24, 2.45) is 0 Å². The Morgan fingerprint density at radius 2 is 1.84 bits per heavy atom. The first-order chi connectivity index (χ1) is 12.0. The van der Waals surface area contributed by atoms with Crippen LogP contribution < -0.4 is 0 Å². The highest BCUT2D eigenvalue weighted by atomic mass is 32.1. The number of fused-ring (bicyclic) bond motifs is 4. The molecule has 0 radical (unpaired) electrons. The average molecular weight is 362 g/mol. The maximum atomic E-state index is 12.9. The van der Waals surface area contributed by atoms with Crippen molar-refractivity contribution in [3.05, 3.63) is 28.8 Å². The summed E-state index contributed by atoms with van der Waals surface area (Å²) in [5.74, 6) is 0.254. The van der Waals surface area contributed by atoms with Crippen LogP contribution in [0.25, 0.3) is 10.2 Å². The van der Waals surface area contributed by atoms with E-state index in [2.05, 4.69) is 4.98 Å². The van der Waals surface area contributed by atoms with Gasteiger partial charge in [-0.05, 0) is 25.1 Å². The Morgan fingerprint density at radius 3 is 2.52 bits per heavy atom. The zero-order chi connectivity index (χ0) is 17.5. The third-order valence-corrected chi connectivity index (χ3v) is 7.18. The molecule has 1 aromatic heterocycles. The van der Waals surface area contributed by atoms with Gasteiger partial charge in [0.1, 0.15) is 45.8 Å². The van der Waals surface area contributed by atoms with E-state index in [0.29, 0.717) is 6.54 Å². The Morgan fingerprint density at radius 1 is 1.16 bits per heavy atom. The number of rotatable bonds is 6. The van der Waals surface area contributed by atoms with E-state index < -0.39 is 0 Å². The number of nitrogens with zero attached hydrogens (tertiary/aromatic N) is 3. The third kappa shape index (κ3) is 3.24. The molecule has 5 nitrogen and oxygen atoms in total. The van der Waals surface area contributed by atoms with Crippen LogP contribution in [-0.4, -0.2) is 83.8 Å². The molecule has 3 saturated heterocycles. The van der Waals surface area contributed by atoms with Gasteiger partial charge in [-0.1, -0.05) is 0 Å². The largest absolute Gasteiger partial charge is 0.396 e. The third-order valence-electron chi connectivity index (χ3n) is 6.23. The summed E-state index contributed by atoms with van der Waals surface area (Å²) in [6.45, 7) is 10.7. The zero-order valence-electron chi connectivity index (χ0n) is 14.9.